The van der Waals surface area contributed by atoms with Gasteiger partial charge < -0.3 is 9.59 Å². The normalized spacial score (nSPS) is 10.9. The largest absolute Gasteiger partial charge is 0.477 e. The van der Waals surface area contributed by atoms with Gasteiger partial charge in [0.2, 0.25) is 0 Å². The van der Waals surface area contributed by atoms with E-state index in [2.05, 4.69) is 6.58 Å². The third kappa shape index (κ3) is 6.04. The first kappa shape index (κ1) is 11.8. The van der Waals surface area contributed by atoms with E-state index >= 15 is 0 Å². The molecule has 74 valence electrons. The average molecular weight is 189 g/mol. The number of allylic oxidation sites excluding steroid dienone is 1. The summed E-state index contributed by atoms with van der Waals surface area (Å²) in [5, 5.41) is 8.55. The number of carboxylic acids is 1. The van der Waals surface area contributed by atoms with Crippen LogP contribution in [0.15, 0.2) is 12.7 Å². The van der Waals surface area contributed by atoms with E-state index in [9.17, 15) is 9.59 Å². The van der Waals surface area contributed by atoms with Gasteiger partial charge in [0.05, 0.1) is 27.1 Å². The molecule has 1 N–H and O–H groups in total. The van der Waals surface area contributed by atoms with Crippen molar-refractivity contribution in [1.82, 2.24) is 0 Å². The fourth-order valence-corrected chi connectivity index (χ4v) is 0.960. The summed E-state index contributed by atoms with van der Waals surface area (Å²) < 4.78 is 0.314. The molecule has 0 heterocycles. The highest BCUT2D eigenvalue weighted by Crippen LogP contribution is 1.99. The zero-order valence-corrected chi connectivity index (χ0v) is 8.12. The molecule has 0 aliphatic carbocycles. The Bertz CT molecular complexity index is 221. The maximum absolute atomic E-state index is 10.9. The summed E-state index contributed by atoms with van der Waals surface area (Å²) in [4.78, 5) is 21.3. The molecule has 0 unspecified atom stereocenters. The van der Waals surface area contributed by atoms with Crippen molar-refractivity contribution in [2.24, 2.45) is 0 Å². The van der Waals surface area contributed by atoms with Crippen LogP contribution in [0.2, 0.25) is 0 Å². The van der Waals surface area contributed by atoms with Gasteiger partial charge in [0.25, 0.3) is 0 Å². The van der Waals surface area contributed by atoms with Crippen molar-refractivity contribution in [2.45, 2.75) is 6.42 Å². The minimum absolute atomic E-state index is 0.0322. The lowest BCUT2D eigenvalue weighted by Crippen LogP contribution is -2.45. The number of hydrogen-bond acceptors (Lipinski definition) is 2. The highest BCUT2D eigenvalue weighted by molar-refractivity contribution is 5.89. The molecule has 0 aromatic rings. The van der Waals surface area contributed by atoms with E-state index in [1.807, 2.05) is 0 Å². The van der Waals surface area contributed by atoms with E-state index in [1.165, 1.54) is 6.08 Å². The number of nitrogens with zero attached hydrogens (tertiary/aromatic N) is 1. The Morgan fingerprint density at radius 2 is 2.00 bits per heavy atom. The first-order valence-electron chi connectivity index (χ1n) is 4.06. The molecule has 0 atom stereocenters. The molecule has 0 aliphatic rings. The highest BCUT2D eigenvalue weighted by atomic mass is 16.4. The predicted molar refractivity (Wildman–Crippen MR) is 49.3 cm³/mol. The fraction of sp³-hybridized carbons (Fsp3) is 0.556. The van der Waals surface area contributed by atoms with Crippen LogP contribution >= 0.6 is 0 Å². The van der Waals surface area contributed by atoms with E-state index in [-0.39, 0.29) is 12.3 Å². The molecule has 0 aromatic carbocycles. The third-order valence-electron chi connectivity index (χ3n) is 1.75. The topological polar surface area (TPSA) is 54.4 Å². The third-order valence-corrected chi connectivity index (χ3v) is 1.75. The van der Waals surface area contributed by atoms with Crippen molar-refractivity contribution >= 4 is 11.8 Å². The molecule has 4 heteroatoms. The monoisotopic (exact) mass is 189 g/mol. The molecular formula is C9H16NO3+. The number of carbonyl (C=O) groups excluding carboxylic acids is 1. The van der Waals surface area contributed by atoms with E-state index < -0.39 is 5.97 Å². The highest BCUT2D eigenvalue weighted by Gasteiger charge is 2.19. The lowest BCUT2D eigenvalue weighted by molar-refractivity contribution is -0.882. The van der Waals surface area contributed by atoms with Gasteiger partial charge in [-0.2, -0.15) is 0 Å². The summed E-state index contributed by atoms with van der Waals surface area (Å²) in [6.07, 6.45) is 1.62. The van der Waals surface area contributed by atoms with Crippen LogP contribution in [0.25, 0.3) is 0 Å². The van der Waals surface area contributed by atoms with E-state index in [0.717, 1.165) is 0 Å². The molecule has 0 radical (unpaired) electrons. The van der Waals surface area contributed by atoms with E-state index in [4.69, 9.17) is 5.11 Å². The first-order chi connectivity index (χ1) is 5.87. The Hall–Kier alpha value is -1.16. The van der Waals surface area contributed by atoms with Crippen LogP contribution in [0.5, 0.6) is 0 Å². The Morgan fingerprint density at radius 1 is 1.46 bits per heavy atom. The summed E-state index contributed by atoms with van der Waals surface area (Å²) in [5.74, 6) is -0.896. The molecule has 0 amide bonds. The first-order valence-corrected chi connectivity index (χ1v) is 4.06. The second-order valence-corrected chi connectivity index (χ2v) is 3.63. The molecule has 13 heavy (non-hydrogen) atoms. The lowest BCUT2D eigenvalue weighted by atomic mass is 10.3. The number of carboxylic acid groups (broad SMARTS) is 1. The van der Waals surface area contributed by atoms with Crippen molar-refractivity contribution in [2.75, 3.05) is 27.2 Å². The van der Waals surface area contributed by atoms with Crippen LogP contribution in [0.1, 0.15) is 6.42 Å². The van der Waals surface area contributed by atoms with Crippen molar-refractivity contribution in [3.8, 4) is 0 Å². The zero-order chi connectivity index (χ0) is 10.5. The minimum Gasteiger partial charge on any atom is -0.477 e. The van der Waals surface area contributed by atoms with Gasteiger partial charge in [-0.15, -0.1) is 0 Å². The summed E-state index contributed by atoms with van der Waals surface area (Å²) in [6, 6.07) is 0. The number of aliphatic carboxylic acids is 1. The summed E-state index contributed by atoms with van der Waals surface area (Å²) in [5.41, 5.74) is 0. The Morgan fingerprint density at radius 3 is 2.38 bits per heavy atom. The van der Waals surface area contributed by atoms with Gasteiger partial charge in [0, 0.05) is 0 Å². The maximum Gasteiger partial charge on any atom is 0.359 e. The summed E-state index contributed by atoms with van der Waals surface area (Å²) >= 11 is 0. The molecule has 0 spiro atoms. The second kappa shape index (κ2) is 4.77. The van der Waals surface area contributed by atoms with Gasteiger partial charge >= 0.3 is 5.97 Å². The van der Waals surface area contributed by atoms with Crippen molar-refractivity contribution in [1.29, 1.82) is 0 Å². The summed E-state index contributed by atoms with van der Waals surface area (Å²) in [7, 11) is 3.56. The average Bonchev–Trinajstić information content (AvgIpc) is 1.98. The molecule has 0 saturated carbocycles. The van der Waals surface area contributed by atoms with Crippen molar-refractivity contribution < 1.29 is 19.2 Å². The van der Waals surface area contributed by atoms with Crippen LogP contribution in [-0.2, 0) is 9.59 Å². The molecule has 0 saturated heterocycles. The fourth-order valence-electron chi connectivity index (χ4n) is 0.960. The van der Waals surface area contributed by atoms with Gasteiger partial charge in [-0.3, -0.25) is 4.79 Å². The molecule has 0 rings (SSSR count). The number of likely N-dealkylation sites (N-methyl/N-ethyl adjacent to an activating group) is 1. The van der Waals surface area contributed by atoms with Crippen LogP contribution in [-0.4, -0.2) is 48.5 Å². The number of hydrogen-bond donors (Lipinski definition) is 1. The number of carbonyl (C=O) groups is 2. The van der Waals surface area contributed by atoms with Gasteiger partial charge in [0.15, 0.2) is 12.3 Å². The molecule has 0 aliphatic heterocycles. The Balaban J connectivity index is 3.95. The van der Waals surface area contributed by atoms with Gasteiger partial charge in [-0.1, -0.05) is 6.58 Å². The number of ketones is 1. The zero-order valence-electron chi connectivity index (χ0n) is 8.12. The molecule has 4 nitrogen and oxygen atoms in total. The van der Waals surface area contributed by atoms with Crippen molar-refractivity contribution in [3.05, 3.63) is 12.7 Å². The maximum atomic E-state index is 10.9. The van der Waals surface area contributed by atoms with Crippen molar-refractivity contribution in [3.63, 3.8) is 0 Å². The molecule has 0 fully saturated rings. The smallest absolute Gasteiger partial charge is 0.359 e. The lowest BCUT2D eigenvalue weighted by Gasteiger charge is -2.27. The molecule has 0 bridgehead atoms. The van der Waals surface area contributed by atoms with Crippen LogP contribution in [0, 0.1) is 0 Å². The number of rotatable bonds is 6. The number of quaternary nitrogens is 1. The van der Waals surface area contributed by atoms with Crippen LogP contribution in [0.3, 0.4) is 0 Å². The minimum atomic E-state index is -0.851. The van der Waals surface area contributed by atoms with Crippen LogP contribution < -0.4 is 0 Å². The van der Waals surface area contributed by atoms with E-state index in [1.54, 1.807) is 14.1 Å². The second-order valence-electron chi connectivity index (χ2n) is 3.63. The SMILES string of the molecule is C=CC(=O)CC[15N+]([13CH3])([13CH3])CC(=O)O. The van der Waals surface area contributed by atoms with E-state index in [0.29, 0.717) is 17.4 Å². The molecule has 0 aromatic heterocycles. The Kier molecular flexibility index (Phi) is 4.34. The Labute approximate surface area is 78.1 Å². The van der Waals surface area contributed by atoms with Gasteiger partial charge in [-0.25, -0.2) is 4.79 Å². The summed E-state index contributed by atoms with van der Waals surface area (Å²) in [6.45, 7) is 3.91. The predicted octanol–water partition coefficient (Wildman–Crippen LogP) is 0.293. The van der Waals surface area contributed by atoms with Gasteiger partial charge in [0.1, 0.15) is 0 Å². The standard InChI is InChI=1S/C9H15NO3/c1-4-8(11)5-6-10(2,3)7-9(12)13/h4H,1,5-7H2,2-3H3/p+1/i2+1,3+1,10+1. The van der Waals surface area contributed by atoms with Gasteiger partial charge in [-0.05, 0) is 6.08 Å². The van der Waals surface area contributed by atoms with Crippen LogP contribution in [0.4, 0.5) is 0 Å². The quantitative estimate of drug-likeness (QED) is 0.283. The molecular weight excluding hydrogens is 173 g/mol.